The fourth-order valence-corrected chi connectivity index (χ4v) is 3.03. The highest BCUT2D eigenvalue weighted by molar-refractivity contribution is 9.11. The molecule has 2 nitrogen and oxygen atoms in total. The molecule has 1 rings (SSSR count). The summed E-state index contributed by atoms with van der Waals surface area (Å²) in [6.07, 6.45) is 5.83. The Morgan fingerprint density at radius 2 is 2.20 bits per heavy atom. The molecule has 1 N–H and O–H groups in total. The van der Waals surface area contributed by atoms with Crippen molar-refractivity contribution in [2.24, 2.45) is 0 Å². The van der Waals surface area contributed by atoms with Crippen molar-refractivity contribution in [1.82, 2.24) is 0 Å². The van der Waals surface area contributed by atoms with Crippen LogP contribution < -0.4 is 0 Å². The zero-order valence-corrected chi connectivity index (χ0v) is 11.2. The number of aromatic carboxylic acids is 1. The first kappa shape index (κ1) is 12.7. The van der Waals surface area contributed by atoms with Gasteiger partial charge in [-0.15, -0.1) is 11.3 Å². The van der Waals surface area contributed by atoms with E-state index in [-0.39, 0.29) is 0 Å². The van der Waals surface area contributed by atoms with Crippen LogP contribution in [0.15, 0.2) is 9.85 Å². The lowest BCUT2D eigenvalue weighted by molar-refractivity contribution is 0.0702. The molecule has 0 saturated heterocycles. The quantitative estimate of drug-likeness (QED) is 0.792. The van der Waals surface area contributed by atoms with Gasteiger partial charge in [-0.1, -0.05) is 26.2 Å². The summed E-state index contributed by atoms with van der Waals surface area (Å²) in [5.41, 5.74) is 1.13. The van der Waals surface area contributed by atoms with Crippen LogP contribution in [-0.4, -0.2) is 11.1 Å². The summed E-state index contributed by atoms with van der Waals surface area (Å²) in [5, 5.41) is 8.82. The molecule has 0 aliphatic heterocycles. The number of carbonyl (C=O) groups is 1. The predicted octanol–water partition coefficient (Wildman–Crippen LogP) is 4.33. The molecule has 0 saturated carbocycles. The van der Waals surface area contributed by atoms with Gasteiger partial charge in [-0.3, -0.25) is 0 Å². The Hall–Kier alpha value is -0.350. The Morgan fingerprint density at radius 3 is 2.73 bits per heavy atom. The fourth-order valence-electron chi connectivity index (χ4n) is 1.42. The van der Waals surface area contributed by atoms with Gasteiger partial charge in [0, 0.05) is 0 Å². The summed E-state index contributed by atoms with van der Waals surface area (Å²) < 4.78 is 0.969. The van der Waals surface area contributed by atoms with Crippen LogP contribution in [0.5, 0.6) is 0 Å². The van der Waals surface area contributed by atoms with Crippen LogP contribution in [0.25, 0.3) is 0 Å². The van der Waals surface area contributed by atoms with Crippen LogP contribution in [0, 0.1) is 0 Å². The van der Waals surface area contributed by atoms with Gasteiger partial charge in [0.1, 0.15) is 4.88 Å². The van der Waals surface area contributed by atoms with Gasteiger partial charge in [0.25, 0.3) is 0 Å². The number of thiophene rings is 1. The second-order valence-corrected chi connectivity index (χ2v) is 5.90. The third-order valence-electron chi connectivity index (χ3n) is 2.27. The molecule has 1 aromatic heterocycles. The molecule has 84 valence electrons. The molecular weight excluding hydrogens is 276 g/mol. The van der Waals surface area contributed by atoms with Crippen molar-refractivity contribution >= 4 is 33.2 Å². The molecule has 4 heteroatoms. The number of carboxylic acid groups (broad SMARTS) is 1. The highest BCUT2D eigenvalue weighted by atomic mass is 79.9. The Labute approximate surface area is 102 Å². The maximum absolute atomic E-state index is 10.7. The summed E-state index contributed by atoms with van der Waals surface area (Å²) in [4.78, 5) is 11.2. The van der Waals surface area contributed by atoms with Crippen molar-refractivity contribution in [3.05, 3.63) is 20.3 Å². The smallest absolute Gasteiger partial charge is 0.345 e. The largest absolute Gasteiger partial charge is 0.477 e. The van der Waals surface area contributed by atoms with Crippen molar-refractivity contribution in [2.45, 2.75) is 39.0 Å². The monoisotopic (exact) mass is 290 g/mol. The highest BCUT2D eigenvalue weighted by Crippen LogP contribution is 2.29. The van der Waals surface area contributed by atoms with Gasteiger partial charge >= 0.3 is 5.97 Å². The maximum Gasteiger partial charge on any atom is 0.345 e. The number of carboxylic acids is 1. The van der Waals surface area contributed by atoms with Gasteiger partial charge in [0.15, 0.2) is 0 Å². The second-order valence-electron chi connectivity index (χ2n) is 3.53. The van der Waals surface area contributed by atoms with Crippen LogP contribution in [0.2, 0.25) is 0 Å². The lowest BCUT2D eigenvalue weighted by Gasteiger charge is -1.98. The van der Waals surface area contributed by atoms with Crippen molar-refractivity contribution in [2.75, 3.05) is 0 Å². The number of aryl methyl sites for hydroxylation is 1. The van der Waals surface area contributed by atoms with Crippen molar-refractivity contribution in [3.63, 3.8) is 0 Å². The summed E-state index contributed by atoms with van der Waals surface area (Å²) in [6, 6.07) is 1.78. The molecule has 15 heavy (non-hydrogen) atoms. The molecule has 0 fully saturated rings. The molecular formula is C11H15BrO2S. The SMILES string of the molecule is CCCCCCc1cc(C(=O)O)sc1Br. The zero-order valence-electron chi connectivity index (χ0n) is 8.75. The lowest BCUT2D eigenvalue weighted by Crippen LogP contribution is -1.90. The Kier molecular flexibility index (Phi) is 5.32. The average Bonchev–Trinajstić information content (AvgIpc) is 2.55. The third-order valence-corrected chi connectivity index (χ3v) is 4.22. The Morgan fingerprint density at radius 1 is 1.47 bits per heavy atom. The van der Waals surface area contributed by atoms with E-state index >= 15 is 0 Å². The van der Waals surface area contributed by atoms with Crippen molar-refractivity contribution < 1.29 is 9.90 Å². The van der Waals surface area contributed by atoms with Gasteiger partial charge in [0.2, 0.25) is 0 Å². The Bertz CT molecular complexity index is 333. The first-order valence-electron chi connectivity index (χ1n) is 5.16. The fraction of sp³-hybridized carbons (Fsp3) is 0.545. The highest BCUT2D eigenvalue weighted by Gasteiger charge is 2.11. The van der Waals surface area contributed by atoms with E-state index < -0.39 is 5.97 Å². The molecule has 0 aromatic carbocycles. The van der Waals surface area contributed by atoms with Crippen molar-refractivity contribution in [3.8, 4) is 0 Å². The van der Waals surface area contributed by atoms with Gasteiger partial charge in [-0.25, -0.2) is 4.79 Å². The van der Waals surface area contributed by atoms with Gasteiger partial charge in [-0.2, -0.15) is 0 Å². The molecule has 0 bridgehead atoms. The number of halogens is 1. The van der Waals surface area contributed by atoms with E-state index in [1.54, 1.807) is 6.07 Å². The molecule has 1 aromatic rings. The number of hydrogen-bond donors (Lipinski definition) is 1. The minimum absolute atomic E-state index is 0.423. The summed E-state index contributed by atoms with van der Waals surface area (Å²) in [7, 11) is 0. The second kappa shape index (κ2) is 6.28. The normalized spacial score (nSPS) is 10.5. The molecule has 0 aliphatic rings. The van der Waals surface area contributed by atoms with E-state index in [9.17, 15) is 4.79 Å². The van der Waals surface area contributed by atoms with E-state index in [1.807, 2.05) is 0 Å². The first-order chi connectivity index (χ1) is 7.15. The lowest BCUT2D eigenvalue weighted by atomic mass is 10.1. The maximum atomic E-state index is 10.7. The number of rotatable bonds is 6. The molecule has 0 amide bonds. The van der Waals surface area contributed by atoms with E-state index in [1.165, 1.54) is 30.6 Å². The van der Waals surface area contributed by atoms with E-state index in [0.29, 0.717) is 4.88 Å². The van der Waals surface area contributed by atoms with Crippen LogP contribution in [-0.2, 0) is 6.42 Å². The first-order valence-corrected chi connectivity index (χ1v) is 6.77. The van der Waals surface area contributed by atoms with Gasteiger partial charge < -0.3 is 5.11 Å². The molecule has 0 atom stereocenters. The minimum atomic E-state index is -0.833. The van der Waals surface area contributed by atoms with E-state index in [2.05, 4.69) is 22.9 Å². The van der Waals surface area contributed by atoms with Crippen LogP contribution >= 0.6 is 27.3 Å². The summed E-state index contributed by atoms with van der Waals surface area (Å²) >= 11 is 4.71. The summed E-state index contributed by atoms with van der Waals surface area (Å²) in [5.74, 6) is -0.833. The average molecular weight is 291 g/mol. The molecule has 0 unspecified atom stereocenters. The predicted molar refractivity (Wildman–Crippen MR) is 66.8 cm³/mol. The third kappa shape index (κ3) is 3.95. The van der Waals surface area contributed by atoms with E-state index in [4.69, 9.17) is 5.11 Å². The molecule has 0 radical (unpaired) electrons. The molecule has 0 spiro atoms. The minimum Gasteiger partial charge on any atom is -0.477 e. The topological polar surface area (TPSA) is 37.3 Å². The summed E-state index contributed by atoms with van der Waals surface area (Å²) in [6.45, 7) is 2.18. The van der Waals surface area contributed by atoms with Crippen LogP contribution in [0.1, 0.15) is 47.8 Å². The Balaban J connectivity index is 2.50. The number of unbranched alkanes of at least 4 members (excludes halogenated alkanes) is 3. The van der Waals surface area contributed by atoms with Crippen molar-refractivity contribution in [1.29, 1.82) is 0 Å². The van der Waals surface area contributed by atoms with Crippen LogP contribution in [0.3, 0.4) is 0 Å². The van der Waals surface area contributed by atoms with Gasteiger partial charge in [-0.05, 0) is 40.4 Å². The van der Waals surface area contributed by atoms with E-state index in [0.717, 1.165) is 22.2 Å². The zero-order chi connectivity index (χ0) is 11.3. The molecule has 0 aliphatic carbocycles. The standard InChI is InChI=1S/C11H15BrO2S/c1-2-3-4-5-6-8-7-9(11(13)14)15-10(8)12/h7H,2-6H2,1H3,(H,13,14). The number of hydrogen-bond acceptors (Lipinski definition) is 2. The molecule has 1 heterocycles. The van der Waals surface area contributed by atoms with Crippen LogP contribution in [0.4, 0.5) is 0 Å². The van der Waals surface area contributed by atoms with Gasteiger partial charge in [0.05, 0.1) is 3.79 Å².